The highest BCUT2D eigenvalue weighted by atomic mass is 35.5. The predicted molar refractivity (Wildman–Crippen MR) is 83.2 cm³/mol. The normalized spacial score (nSPS) is 11.4. The summed E-state index contributed by atoms with van der Waals surface area (Å²) in [5.74, 6) is -0.786. The van der Waals surface area contributed by atoms with E-state index in [0.29, 0.717) is 15.2 Å². The molecule has 0 atom stereocenters. The van der Waals surface area contributed by atoms with E-state index in [4.69, 9.17) is 16.3 Å². The number of esters is 1. The topological polar surface area (TPSA) is 70.3 Å². The van der Waals surface area contributed by atoms with Crippen molar-refractivity contribution in [1.82, 2.24) is 9.13 Å². The van der Waals surface area contributed by atoms with Gasteiger partial charge < -0.3 is 4.74 Å². The second-order valence-electron chi connectivity index (χ2n) is 4.93. The molecule has 2 rings (SSSR count). The van der Waals surface area contributed by atoms with E-state index in [9.17, 15) is 27.6 Å². The zero-order valence-electron chi connectivity index (χ0n) is 13.1. The number of ether oxygens (including phenoxy) is 1. The lowest BCUT2D eigenvalue weighted by atomic mass is 10.2. The fourth-order valence-corrected chi connectivity index (χ4v) is 2.35. The summed E-state index contributed by atoms with van der Waals surface area (Å²) in [4.78, 5) is 36.1. The molecule has 2 aromatic rings. The van der Waals surface area contributed by atoms with E-state index in [2.05, 4.69) is 0 Å². The number of benzene rings is 1. The number of halogens is 4. The van der Waals surface area contributed by atoms with Crippen molar-refractivity contribution in [3.8, 4) is 5.69 Å². The Morgan fingerprint density at radius 2 is 1.88 bits per heavy atom. The molecule has 0 unspecified atom stereocenters. The minimum Gasteiger partial charge on any atom is -0.462 e. The molecule has 10 heteroatoms. The van der Waals surface area contributed by atoms with Crippen LogP contribution in [-0.2, 0) is 18.0 Å². The van der Waals surface area contributed by atoms with Crippen LogP contribution in [0.25, 0.3) is 5.69 Å². The summed E-state index contributed by atoms with van der Waals surface area (Å²) in [6.45, 7) is 1.65. The minimum atomic E-state index is -4.86. The molecule has 0 bridgehead atoms. The molecule has 0 amide bonds. The molecule has 0 aliphatic heterocycles. The van der Waals surface area contributed by atoms with E-state index in [1.54, 1.807) is 6.92 Å². The van der Waals surface area contributed by atoms with Crippen LogP contribution in [0, 0.1) is 0 Å². The number of hydrogen-bond acceptors (Lipinski definition) is 4. The Morgan fingerprint density at radius 3 is 2.44 bits per heavy atom. The third-order valence-corrected chi connectivity index (χ3v) is 3.64. The lowest BCUT2D eigenvalue weighted by molar-refractivity contribution is -0.144. The van der Waals surface area contributed by atoms with Gasteiger partial charge in [-0.05, 0) is 25.1 Å². The first-order chi connectivity index (χ1) is 11.6. The molecule has 25 heavy (non-hydrogen) atoms. The molecule has 0 fully saturated rings. The number of carbonyl (C=O) groups excluding carboxylic acids is 1. The minimum absolute atomic E-state index is 0.0129. The van der Waals surface area contributed by atoms with Gasteiger partial charge in [-0.3, -0.25) is 9.36 Å². The molecule has 0 saturated carbocycles. The Hall–Kier alpha value is -2.55. The zero-order valence-corrected chi connectivity index (χ0v) is 13.8. The summed E-state index contributed by atoms with van der Waals surface area (Å²) in [7, 11) is 0.892. The van der Waals surface area contributed by atoms with Crippen molar-refractivity contribution in [2.45, 2.75) is 13.1 Å². The fraction of sp³-hybridized carbons (Fsp3) is 0.267. The third-order valence-electron chi connectivity index (χ3n) is 3.31. The molecule has 0 radical (unpaired) electrons. The average molecular weight is 377 g/mol. The second kappa shape index (κ2) is 6.75. The van der Waals surface area contributed by atoms with E-state index >= 15 is 0 Å². The molecule has 0 saturated heterocycles. The van der Waals surface area contributed by atoms with Gasteiger partial charge >= 0.3 is 17.8 Å². The van der Waals surface area contributed by atoms with E-state index < -0.39 is 29.1 Å². The molecule has 134 valence electrons. The number of aromatic nitrogens is 2. The Kier molecular flexibility index (Phi) is 5.07. The van der Waals surface area contributed by atoms with Crippen LogP contribution >= 0.6 is 11.6 Å². The van der Waals surface area contributed by atoms with Crippen molar-refractivity contribution in [1.29, 1.82) is 0 Å². The maximum absolute atomic E-state index is 12.9. The molecule has 0 aliphatic carbocycles. The molecular weight excluding hydrogens is 365 g/mol. The first kappa shape index (κ1) is 18.8. The largest absolute Gasteiger partial charge is 0.462 e. The van der Waals surface area contributed by atoms with Crippen LogP contribution in [0.1, 0.15) is 23.0 Å². The van der Waals surface area contributed by atoms with E-state index in [-0.39, 0.29) is 22.9 Å². The van der Waals surface area contributed by atoms with Gasteiger partial charge in [0.15, 0.2) is 0 Å². The fourth-order valence-electron chi connectivity index (χ4n) is 2.15. The lowest BCUT2D eigenvalue weighted by Gasteiger charge is -2.14. The number of alkyl halides is 3. The summed E-state index contributed by atoms with van der Waals surface area (Å²) in [6.07, 6.45) is -4.86. The maximum atomic E-state index is 12.9. The van der Waals surface area contributed by atoms with Crippen molar-refractivity contribution in [3.05, 3.63) is 61.4 Å². The lowest BCUT2D eigenvalue weighted by Crippen LogP contribution is -2.40. The highest BCUT2D eigenvalue weighted by Gasteiger charge is 2.35. The summed E-state index contributed by atoms with van der Waals surface area (Å²) < 4.78 is 44.2. The standard InChI is InChI=1S/C15H12ClF3N2O4/c1-3-25-13(23)9-6-8(4-5-10(9)16)21-12(22)7-11(15(17,18)19)20(2)14(21)24/h4-7H,3H2,1-2H3. The van der Waals surface area contributed by atoms with Crippen LogP contribution in [-0.4, -0.2) is 21.7 Å². The van der Waals surface area contributed by atoms with Crippen LogP contribution in [0.4, 0.5) is 13.2 Å². The molecule has 1 heterocycles. The van der Waals surface area contributed by atoms with Gasteiger partial charge in [0.1, 0.15) is 5.69 Å². The predicted octanol–water partition coefficient (Wildman–Crippen LogP) is 2.39. The van der Waals surface area contributed by atoms with Crippen LogP contribution in [0.3, 0.4) is 0 Å². The van der Waals surface area contributed by atoms with Crippen molar-refractivity contribution in [3.63, 3.8) is 0 Å². The number of carbonyl (C=O) groups is 1. The Morgan fingerprint density at radius 1 is 1.24 bits per heavy atom. The zero-order chi connectivity index (χ0) is 18.9. The van der Waals surface area contributed by atoms with Crippen molar-refractivity contribution < 1.29 is 22.7 Å². The SMILES string of the molecule is CCOC(=O)c1cc(-n2c(=O)cc(C(F)(F)F)n(C)c2=O)ccc1Cl. The van der Waals surface area contributed by atoms with Gasteiger partial charge in [-0.15, -0.1) is 0 Å². The van der Waals surface area contributed by atoms with E-state index in [1.165, 1.54) is 12.1 Å². The Balaban J connectivity index is 2.70. The van der Waals surface area contributed by atoms with Gasteiger partial charge in [-0.1, -0.05) is 11.6 Å². The summed E-state index contributed by atoms with van der Waals surface area (Å²) in [5.41, 5.74) is -4.00. The van der Waals surface area contributed by atoms with Crippen molar-refractivity contribution in [2.75, 3.05) is 6.61 Å². The first-order valence-corrected chi connectivity index (χ1v) is 7.33. The number of nitrogens with zero attached hydrogens (tertiary/aromatic N) is 2. The molecule has 1 aromatic heterocycles. The Labute approximate surface area is 144 Å². The molecule has 1 aromatic carbocycles. The van der Waals surface area contributed by atoms with Crippen LogP contribution in [0.15, 0.2) is 33.9 Å². The van der Waals surface area contributed by atoms with E-state index in [0.717, 1.165) is 13.1 Å². The third kappa shape index (κ3) is 3.60. The summed E-state index contributed by atoms with van der Waals surface area (Å²) >= 11 is 5.89. The summed E-state index contributed by atoms with van der Waals surface area (Å²) in [5, 5.41) is 0.0129. The number of rotatable bonds is 3. The van der Waals surface area contributed by atoms with Gasteiger partial charge in [-0.25, -0.2) is 14.2 Å². The van der Waals surface area contributed by atoms with Gasteiger partial charge in [0.25, 0.3) is 5.56 Å². The second-order valence-corrected chi connectivity index (χ2v) is 5.33. The smallest absolute Gasteiger partial charge is 0.431 e. The average Bonchev–Trinajstić information content (AvgIpc) is 2.51. The van der Waals surface area contributed by atoms with E-state index in [1.807, 2.05) is 0 Å². The monoisotopic (exact) mass is 376 g/mol. The Bertz CT molecular complexity index is 947. The summed E-state index contributed by atoms with van der Waals surface area (Å²) in [6, 6.07) is 3.89. The highest BCUT2D eigenvalue weighted by Crippen LogP contribution is 2.27. The molecule has 6 nitrogen and oxygen atoms in total. The van der Waals surface area contributed by atoms with Crippen LogP contribution < -0.4 is 11.2 Å². The molecule has 0 N–H and O–H groups in total. The van der Waals surface area contributed by atoms with Crippen LogP contribution in [0.2, 0.25) is 5.02 Å². The molecule has 0 aliphatic rings. The van der Waals surface area contributed by atoms with Crippen molar-refractivity contribution in [2.24, 2.45) is 7.05 Å². The van der Waals surface area contributed by atoms with Gasteiger partial charge in [0, 0.05) is 13.1 Å². The first-order valence-electron chi connectivity index (χ1n) is 6.95. The molecular formula is C15H12ClF3N2O4. The van der Waals surface area contributed by atoms with Gasteiger partial charge in [0.05, 0.1) is 22.9 Å². The van der Waals surface area contributed by atoms with Crippen LogP contribution in [0.5, 0.6) is 0 Å². The van der Waals surface area contributed by atoms with Crippen molar-refractivity contribution >= 4 is 17.6 Å². The number of hydrogen-bond donors (Lipinski definition) is 0. The van der Waals surface area contributed by atoms with Gasteiger partial charge in [-0.2, -0.15) is 13.2 Å². The molecule has 0 spiro atoms. The quantitative estimate of drug-likeness (QED) is 0.771. The highest BCUT2D eigenvalue weighted by molar-refractivity contribution is 6.33. The van der Waals surface area contributed by atoms with Gasteiger partial charge in [0.2, 0.25) is 0 Å². The maximum Gasteiger partial charge on any atom is 0.431 e.